The summed E-state index contributed by atoms with van der Waals surface area (Å²) in [6.07, 6.45) is 2.62. The molecule has 0 aliphatic heterocycles. The number of rotatable bonds is 2. The van der Waals surface area contributed by atoms with Crippen LogP contribution in [0, 0.1) is 5.95 Å². The fraction of sp³-hybridized carbons (Fsp3) is 0. The molecule has 12 heavy (non-hydrogen) atoms. The van der Waals surface area contributed by atoms with E-state index in [1.807, 2.05) is 0 Å². The second-order valence-electron chi connectivity index (χ2n) is 2.12. The van der Waals surface area contributed by atoms with Gasteiger partial charge < -0.3 is 5.11 Å². The first-order valence-corrected chi connectivity index (χ1v) is 3.16. The molecule has 0 bridgehead atoms. The molecule has 1 rings (SSSR count). The maximum atomic E-state index is 12.6. The molecule has 0 amide bonds. The Morgan fingerprint density at radius 2 is 2.42 bits per heavy atom. The third-order valence-corrected chi connectivity index (χ3v) is 1.33. The summed E-state index contributed by atoms with van der Waals surface area (Å²) in [5.74, 6) is -2.31. The second-order valence-corrected chi connectivity index (χ2v) is 2.12. The van der Waals surface area contributed by atoms with Gasteiger partial charge >= 0.3 is 5.97 Å². The number of pyridine rings is 1. The Morgan fingerprint density at radius 1 is 1.75 bits per heavy atom. The van der Waals surface area contributed by atoms with Crippen LogP contribution in [0.4, 0.5) is 4.39 Å². The summed E-state index contributed by atoms with van der Waals surface area (Å²) in [6, 6.07) is 1.18. The Labute approximate surface area is 68.2 Å². The van der Waals surface area contributed by atoms with Gasteiger partial charge in [-0.1, -0.05) is 12.7 Å². The molecule has 4 heteroatoms. The predicted octanol–water partition coefficient (Wildman–Crippen LogP) is 1.56. The van der Waals surface area contributed by atoms with Crippen LogP contribution in [0.5, 0.6) is 0 Å². The number of hydrogen-bond acceptors (Lipinski definition) is 2. The molecule has 0 radical (unpaired) electrons. The quantitative estimate of drug-likeness (QED) is 0.680. The second kappa shape index (κ2) is 3.13. The SMILES string of the molecule is C=Cc1cnc(F)c(C(=O)O)c1. The molecule has 0 atom stereocenters. The van der Waals surface area contributed by atoms with Crippen molar-refractivity contribution in [3.05, 3.63) is 35.9 Å². The van der Waals surface area contributed by atoms with E-state index in [0.29, 0.717) is 5.56 Å². The van der Waals surface area contributed by atoms with Crippen LogP contribution in [0.15, 0.2) is 18.8 Å². The van der Waals surface area contributed by atoms with E-state index >= 15 is 0 Å². The maximum absolute atomic E-state index is 12.6. The van der Waals surface area contributed by atoms with E-state index in [1.54, 1.807) is 0 Å². The summed E-state index contributed by atoms with van der Waals surface area (Å²) in [5, 5.41) is 8.47. The minimum atomic E-state index is -1.33. The Hall–Kier alpha value is -1.71. The lowest BCUT2D eigenvalue weighted by Gasteiger charge is -1.96. The maximum Gasteiger partial charge on any atom is 0.340 e. The molecule has 1 aromatic rings. The number of carboxylic acid groups (broad SMARTS) is 1. The van der Waals surface area contributed by atoms with E-state index in [-0.39, 0.29) is 0 Å². The van der Waals surface area contributed by atoms with Crippen LogP contribution >= 0.6 is 0 Å². The number of carboxylic acids is 1. The molecule has 62 valence electrons. The average molecular weight is 167 g/mol. The summed E-state index contributed by atoms with van der Waals surface area (Å²) >= 11 is 0. The number of hydrogen-bond donors (Lipinski definition) is 1. The van der Waals surface area contributed by atoms with Crippen molar-refractivity contribution in [2.45, 2.75) is 0 Å². The zero-order chi connectivity index (χ0) is 9.14. The molecule has 0 unspecified atom stereocenters. The van der Waals surface area contributed by atoms with E-state index in [4.69, 9.17) is 5.11 Å². The Morgan fingerprint density at radius 3 is 2.92 bits per heavy atom. The lowest BCUT2D eigenvalue weighted by Crippen LogP contribution is -2.02. The Kier molecular flexibility index (Phi) is 2.19. The van der Waals surface area contributed by atoms with Crippen LogP contribution in [0.2, 0.25) is 0 Å². The van der Waals surface area contributed by atoms with E-state index < -0.39 is 17.5 Å². The van der Waals surface area contributed by atoms with Gasteiger partial charge in [-0.15, -0.1) is 0 Å². The van der Waals surface area contributed by atoms with Crippen molar-refractivity contribution in [2.75, 3.05) is 0 Å². The molecule has 0 spiro atoms. The standard InChI is InChI=1S/C8H6FNO2/c1-2-5-3-6(8(11)12)7(9)10-4-5/h2-4H,1H2,(H,11,12). The zero-order valence-corrected chi connectivity index (χ0v) is 6.12. The fourth-order valence-electron chi connectivity index (χ4n) is 0.726. The number of halogens is 1. The number of aromatic nitrogens is 1. The highest BCUT2D eigenvalue weighted by molar-refractivity contribution is 5.88. The van der Waals surface area contributed by atoms with Gasteiger partial charge in [0.2, 0.25) is 5.95 Å². The van der Waals surface area contributed by atoms with E-state index in [2.05, 4.69) is 11.6 Å². The topological polar surface area (TPSA) is 50.2 Å². The van der Waals surface area contributed by atoms with Crippen LogP contribution in [0.3, 0.4) is 0 Å². The van der Waals surface area contributed by atoms with Gasteiger partial charge in [0.1, 0.15) is 5.56 Å². The van der Waals surface area contributed by atoms with Crippen LogP contribution < -0.4 is 0 Å². The first-order valence-electron chi connectivity index (χ1n) is 3.16. The molecule has 0 saturated heterocycles. The largest absolute Gasteiger partial charge is 0.478 e. The van der Waals surface area contributed by atoms with Crippen molar-refractivity contribution in [3.8, 4) is 0 Å². The third-order valence-electron chi connectivity index (χ3n) is 1.33. The van der Waals surface area contributed by atoms with Gasteiger partial charge in [-0.05, 0) is 11.6 Å². The molecule has 0 aliphatic carbocycles. The summed E-state index contributed by atoms with van der Waals surface area (Å²) < 4.78 is 12.6. The lowest BCUT2D eigenvalue weighted by molar-refractivity contribution is 0.0690. The van der Waals surface area contributed by atoms with Gasteiger partial charge in [-0.3, -0.25) is 0 Å². The molecular weight excluding hydrogens is 161 g/mol. The molecule has 1 aromatic heterocycles. The van der Waals surface area contributed by atoms with Crippen LogP contribution in [-0.4, -0.2) is 16.1 Å². The van der Waals surface area contributed by atoms with Crippen LogP contribution in [0.25, 0.3) is 6.08 Å². The molecule has 0 aromatic carbocycles. The van der Waals surface area contributed by atoms with E-state index in [1.165, 1.54) is 18.3 Å². The van der Waals surface area contributed by atoms with Gasteiger partial charge in [0.15, 0.2) is 0 Å². The van der Waals surface area contributed by atoms with Gasteiger partial charge in [0.25, 0.3) is 0 Å². The van der Waals surface area contributed by atoms with Gasteiger partial charge in [-0.25, -0.2) is 9.78 Å². The summed E-state index contributed by atoms with van der Waals surface area (Å²) in [4.78, 5) is 13.6. The van der Waals surface area contributed by atoms with Gasteiger partial charge in [0, 0.05) is 6.20 Å². The molecule has 0 saturated carbocycles. The minimum Gasteiger partial charge on any atom is -0.478 e. The summed E-state index contributed by atoms with van der Waals surface area (Å²) in [6.45, 7) is 3.41. The molecule has 0 fully saturated rings. The highest BCUT2D eigenvalue weighted by Crippen LogP contribution is 2.08. The summed E-state index contributed by atoms with van der Waals surface area (Å²) in [5.41, 5.74) is 0.0428. The van der Waals surface area contributed by atoms with E-state index in [9.17, 15) is 9.18 Å². The van der Waals surface area contributed by atoms with Gasteiger partial charge in [-0.2, -0.15) is 4.39 Å². The average Bonchev–Trinajstić information content (AvgIpc) is 2.05. The van der Waals surface area contributed by atoms with Crippen LogP contribution in [0.1, 0.15) is 15.9 Å². The monoisotopic (exact) mass is 167 g/mol. The molecule has 3 nitrogen and oxygen atoms in total. The first-order chi connectivity index (χ1) is 5.65. The molecule has 1 N–H and O–H groups in total. The smallest absolute Gasteiger partial charge is 0.340 e. The van der Waals surface area contributed by atoms with Crippen molar-refractivity contribution in [2.24, 2.45) is 0 Å². The fourth-order valence-corrected chi connectivity index (χ4v) is 0.726. The number of aromatic carboxylic acids is 1. The minimum absolute atomic E-state index is 0.438. The van der Waals surface area contributed by atoms with Crippen molar-refractivity contribution in [1.82, 2.24) is 4.98 Å². The Bertz CT molecular complexity index is 336. The number of nitrogens with zero attached hydrogens (tertiary/aromatic N) is 1. The number of carbonyl (C=O) groups is 1. The molecule has 1 heterocycles. The van der Waals surface area contributed by atoms with Gasteiger partial charge in [0.05, 0.1) is 0 Å². The third kappa shape index (κ3) is 1.47. The molecular formula is C8H6FNO2. The van der Waals surface area contributed by atoms with Crippen molar-refractivity contribution in [1.29, 1.82) is 0 Å². The first kappa shape index (κ1) is 8.39. The van der Waals surface area contributed by atoms with Crippen molar-refractivity contribution < 1.29 is 14.3 Å². The van der Waals surface area contributed by atoms with E-state index in [0.717, 1.165) is 0 Å². The predicted molar refractivity (Wildman–Crippen MR) is 41.2 cm³/mol. The lowest BCUT2D eigenvalue weighted by atomic mass is 10.2. The van der Waals surface area contributed by atoms with Crippen LogP contribution in [-0.2, 0) is 0 Å². The highest BCUT2D eigenvalue weighted by Gasteiger charge is 2.10. The molecule has 0 aliphatic rings. The van der Waals surface area contributed by atoms with Crippen molar-refractivity contribution in [3.63, 3.8) is 0 Å². The highest BCUT2D eigenvalue weighted by atomic mass is 19.1. The van der Waals surface area contributed by atoms with Crippen molar-refractivity contribution >= 4 is 12.0 Å². The normalized spacial score (nSPS) is 9.42. The summed E-state index contributed by atoms with van der Waals surface area (Å²) in [7, 11) is 0. The Balaban J connectivity index is 3.25. The zero-order valence-electron chi connectivity index (χ0n) is 6.12.